The summed E-state index contributed by atoms with van der Waals surface area (Å²) in [6.45, 7) is 4.70. The summed E-state index contributed by atoms with van der Waals surface area (Å²) in [4.78, 5) is 25.2. The van der Waals surface area contributed by atoms with Gasteiger partial charge in [0.2, 0.25) is 0 Å². The Balaban J connectivity index is 1.53. The number of anilines is 2. The minimum absolute atomic E-state index is 0.0512. The smallest absolute Gasteiger partial charge is 0.338 e. The molecule has 5 nitrogen and oxygen atoms in total. The van der Waals surface area contributed by atoms with Crippen molar-refractivity contribution >= 4 is 46.3 Å². The summed E-state index contributed by atoms with van der Waals surface area (Å²) < 4.78 is 5.43. The third-order valence-corrected chi connectivity index (χ3v) is 5.95. The number of nitrogens with one attached hydrogen (secondary N) is 2. The van der Waals surface area contributed by atoms with E-state index in [0.717, 1.165) is 29.1 Å². The minimum Gasteiger partial charge on any atom is -0.457 e. The number of ketones is 1. The Morgan fingerprint density at radius 3 is 2.67 bits per heavy atom. The molecule has 0 aromatic heterocycles. The van der Waals surface area contributed by atoms with Crippen molar-refractivity contribution in [3.8, 4) is 0 Å². The molecular formula is C23H22Cl2N2O3. The highest BCUT2D eigenvalue weighted by atomic mass is 35.5. The van der Waals surface area contributed by atoms with Crippen molar-refractivity contribution in [3.63, 3.8) is 0 Å². The molecule has 0 saturated carbocycles. The molecule has 0 amide bonds. The maximum absolute atomic E-state index is 12.6. The van der Waals surface area contributed by atoms with E-state index >= 15 is 0 Å². The molecule has 0 unspecified atom stereocenters. The summed E-state index contributed by atoms with van der Waals surface area (Å²) in [5, 5.41) is 7.66. The lowest BCUT2D eigenvalue weighted by atomic mass is 9.76. The first kappa shape index (κ1) is 20.8. The van der Waals surface area contributed by atoms with Crippen LogP contribution in [0.2, 0.25) is 10.0 Å². The van der Waals surface area contributed by atoms with Gasteiger partial charge in [-0.3, -0.25) is 4.79 Å². The molecule has 2 aliphatic rings. The first-order valence-corrected chi connectivity index (χ1v) is 10.5. The fourth-order valence-electron chi connectivity index (χ4n) is 3.82. The van der Waals surface area contributed by atoms with Gasteiger partial charge in [0.15, 0.2) is 5.78 Å². The van der Waals surface area contributed by atoms with E-state index in [1.54, 1.807) is 30.3 Å². The highest BCUT2D eigenvalue weighted by Gasteiger charge is 2.34. The van der Waals surface area contributed by atoms with E-state index in [-0.39, 0.29) is 17.8 Å². The van der Waals surface area contributed by atoms with Crippen molar-refractivity contribution in [2.24, 2.45) is 5.41 Å². The van der Waals surface area contributed by atoms with E-state index in [1.807, 2.05) is 6.07 Å². The number of allylic oxidation sites excluding steroid dienone is 1. The third kappa shape index (κ3) is 4.32. The summed E-state index contributed by atoms with van der Waals surface area (Å²) in [6, 6.07) is 10.3. The predicted octanol–water partition coefficient (Wildman–Crippen LogP) is 5.83. The number of hydrogen-bond donors (Lipinski definition) is 2. The lowest BCUT2D eigenvalue weighted by molar-refractivity contribution is -0.118. The number of fused-ring (bicyclic) bond motifs is 1. The molecule has 30 heavy (non-hydrogen) atoms. The van der Waals surface area contributed by atoms with Crippen molar-refractivity contribution in [1.29, 1.82) is 0 Å². The Morgan fingerprint density at radius 1 is 1.10 bits per heavy atom. The fraction of sp³-hybridized carbons (Fsp3) is 0.304. The Hall–Kier alpha value is -2.50. The van der Waals surface area contributed by atoms with Gasteiger partial charge in [-0.15, -0.1) is 0 Å². The molecule has 0 spiro atoms. The van der Waals surface area contributed by atoms with E-state index < -0.39 is 5.97 Å². The van der Waals surface area contributed by atoms with E-state index in [4.69, 9.17) is 27.9 Å². The molecular weight excluding hydrogens is 423 g/mol. The van der Waals surface area contributed by atoms with E-state index in [2.05, 4.69) is 24.5 Å². The number of carbonyl (C=O) groups is 2. The van der Waals surface area contributed by atoms with Crippen LogP contribution >= 0.6 is 23.2 Å². The number of ether oxygens (including phenoxy) is 1. The van der Waals surface area contributed by atoms with Crippen LogP contribution in [0, 0.1) is 5.41 Å². The van der Waals surface area contributed by atoms with Crippen molar-refractivity contribution in [1.82, 2.24) is 0 Å². The highest BCUT2D eigenvalue weighted by molar-refractivity contribution is 6.35. The van der Waals surface area contributed by atoms with Gasteiger partial charge < -0.3 is 15.4 Å². The molecule has 7 heteroatoms. The summed E-state index contributed by atoms with van der Waals surface area (Å²) in [7, 11) is 0. The maximum atomic E-state index is 12.6. The van der Waals surface area contributed by atoms with Crippen LogP contribution in [0.3, 0.4) is 0 Å². The zero-order valence-electron chi connectivity index (χ0n) is 16.8. The van der Waals surface area contributed by atoms with Gasteiger partial charge in [-0.1, -0.05) is 43.1 Å². The summed E-state index contributed by atoms with van der Waals surface area (Å²) in [6.07, 6.45) is 1.31. The van der Waals surface area contributed by atoms with Crippen LogP contribution in [0.5, 0.6) is 0 Å². The Morgan fingerprint density at radius 2 is 1.90 bits per heavy atom. The van der Waals surface area contributed by atoms with Crippen LogP contribution in [-0.2, 0) is 16.1 Å². The molecule has 156 valence electrons. The zero-order chi connectivity index (χ0) is 21.5. The third-order valence-electron chi connectivity index (χ3n) is 5.37. The van der Waals surface area contributed by atoms with Gasteiger partial charge in [0.05, 0.1) is 16.9 Å². The van der Waals surface area contributed by atoms with E-state index in [0.29, 0.717) is 34.1 Å². The van der Waals surface area contributed by atoms with Crippen LogP contribution in [0.25, 0.3) is 0 Å². The molecule has 2 N–H and O–H groups in total. The van der Waals surface area contributed by atoms with Crippen LogP contribution < -0.4 is 10.6 Å². The molecule has 0 saturated heterocycles. The van der Waals surface area contributed by atoms with Crippen molar-refractivity contribution in [2.45, 2.75) is 33.3 Å². The summed E-state index contributed by atoms with van der Waals surface area (Å²) >= 11 is 12.0. The number of esters is 1. The van der Waals surface area contributed by atoms with Crippen LogP contribution in [-0.4, -0.2) is 18.3 Å². The minimum atomic E-state index is -0.455. The number of rotatable bonds is 3. The van der Waals surface area contributed by atoms with Gasteiger partial charge in [0.25, 0.3) is 0 Å². The highest BCUT2D eigenvalue weighted by Crippen LogP contribution is 2.40. The average Bonchev–Trinajstić information content (AvgIpc) is 2.84. The number of carbonyl (C=O) groups excluding carboxylic acids is 2. The van der Waals surface area contributed by atoms with Gasteiger partial charge in [0, 0.05) is 39.8 Å². The van der Waals surface area contributed by atoms with Gasteiger partial charge in [-0.2, -0.15) is 0 Å². The normalized spacial score (nSPS) is 17.3. The monoisotopic (exact) mass is 444 g/mol. The second-order valence-corrected chi connectivity index (χ2v) is 9.29. The quantitative estimate of drug-likeness (QED) is 0.582. The number of halogens is 2. The molecule has 4 rings (SSSR count). The van der Waals surface area contributed by atoms with Crippen LogP contribution in [0.1, 0.15) is 42.6 Å². The second-order valence-electron chi connectivity index (χ2n) is 8.45. The first-order chi connectivity index (χ1) is 14.2. The molecule has 0 bridgehead atoms. The molecule has 0 radical (unpaired) electrons. The molecule has 2 aromatic rings. The van der Waals surface area contributed by atoms with Gasteiger partial charge in [0.1, 0.15) is 6.61 Å². The number of benzene rings is 2. The average molecular weight is 445 g/mol. The molecule has 1 heterocycles. The lowest BCUT2D eigenvalue weighted by Crippen LogP contribution is -2.29. The lowest BCUT2D eigenvalue weighted by Gasteiger charge is -2.31. The van der Waals surface area contributed by atoms with E-state index in [1.165, 1.54) is 0 Å². The van der Waals surface area contributed by atoms with Crippen molar-refractivity contribution in [3.05, 3.63) is 68.8 Å². The number of Topliss-reactive ketones (excluding diaryl/α,β-unsaturated/α-hetero) is 1. The Kier molecular flexibility index (Phi) is 5.51. The van der Waals surface area contributed by atoms with Crippen LogP contribution in [0.4, 0.5) is 11.4 Å². The van der Waals surface area contributed by atoms with Crippen molar-refractivity contribution in [2.75, 3.05) is 17.2 Å². The fourth-order valence-corrected chi connectivity index (χ4v) is 4.29. The molecule has 0 fully saturated rings. The number of hydrogen-bond acceptors (Lipinski definition) is 5. The topological polar surface area (TPSA) is 67.4 Å². The van der Waals surface area contributed by atoms with Crippen LogP contribution in [0.15, 0.2) is 47.7 Å². The van der Waals surface area contributed by atoms with Gasteiger partial charge in [-0.25, -0.2) is 4.79 Å². The molecule has 1 aliphatic heterocycles. The first-order valence-electron chi connectivity index (χ1n) is 9.73. The summed E-state index contributed by atoms with van der Waals surface area (Å²) in [5.41, 5.74) is 4.30. The predicted molar refractivity (Wildman–Crippen MR) is 119 cm³/mol. The standard InChI is InChI=1S/C23H22Cl2N2O3/c1-23(2)9-20-16(21(28)10-23)11-26-18-6-4-13(7-19(18)27-20)22(29)30-12-14-3-5-15(24)8-17(14)25/h3-8,26-27H,9-12H2,1-2H3. The zero-order valence-corrected chi connectivity index (χ0v) is 18.3. The Bertz CT molecular complexity index is 1080. The SMILES string of the molecule is CC1(C)CC(=O)C2=C(C1)Nc1cc(C(=O)OCc3ccc(Cl)cc3Cl)ccc1NC2. The largest absolute Gasteiger partial charge is 0.457 e. The summed E-state index contributed by atoms with van der Waals surface area (Å²) in [5.74, 6) is -0.294. The van der Waals surface area contributed by atoms with Gasteiger partial charge in [-0.05, 0) is 42.2 Å². The van der Waals surface area contributed by atoms with Gasteiger partial charge >= 0.3 is 5.97 Å². The molecule has 2 aromatic carbocycles. The Labute approximate surface area is 185 Å². The second kappa shape index (κ2) is 7.97. The molecule has 1 aliphatic carbocycles. The molecule has 0 atom stereocenters. The van der Waals surface area contributed by atoms with E-state index in [9.17, 15) is 9.59 Å². The van der Waals surface area contributed by atoms with Crippen molar-refractivity contribution < 1.29 is 14.3 Å². The maximum Gasteiger partial charge on any atom is 0.338 e.